The molecule has 34 heavy (non-hydrogen) atoms. The van der Waals surface area contributed by atoms with Gasteiger partial charge in [-0.25, -0.2) is 0 Å². The minimum Gasteiger partial charge on any atom is -0.376 e. The van der Waals surface area contributed by atoms with E-state index < -0.39 is 0 Å². The standard InChI is InChI=1S/C27H40N4O3/c1-18(2)10-26(32)30-8-6-29(7-9-30)23-4-5-25(31(33)34)24(14-23)28-19(3)27-15-20-11-21(16-27)13-22(12-20)17-27/h4-5,14,18-22,28H,6-13,15-17H2,1-3H3/t19-,20?,21?,22?,27?/m1/s1. The summed E-state index contributed by atoms with van der Waals surface area (Å²) in [4.78, 5) is 28.2. The monoisotopic (exact) mass is 468 g/mol. The minimum absolute atomic E-state index is 0.158. The van der Waals surface area contributed by atoms with Crippen molar-refractivity contribution in [1.82, 2.24) is 4.90 Å². The smallest absolute Gasteiger partial charge is 0.292 e. The molecule has 0 aromatic heterocycles. The maximum atomic E-state index is 12.4. The quantitative estimate of drug-likeness (QED) is 0.434. The number of nitrogens with zero attached hydrogens (tertiary/aromatic N) is 3. The second-order valence-electron chi connectivity index (χ2n) is 12.1. The molecule has 186 valence electrons. The number of hydrogen-bond donors (Lipinski definition) is 1. The van der Waals surface area contributed by atoms with Crippen molar-refractivity contribution in [3.05, 3.63) is 28.3 Å². The molecule has 0 unspecified atom stereocenters. The Hall–Kier alpha value is -2.31. The van der Waals surface area contributed by atoms with Crippen LogP contribution in [0.5, 0.6) is 0 Å². The van der Waals surface area contributed by atoms with E-state index in [9.17, 15) is 14.9 Å². The number of hydrogen-bond acceptors (Lipinski definition) is 5. The van der Waals surface area contributed by atoms with Gasteiger partial charge in [0.15, 0.2) is 0 Å². The highest BCUT2D eigenvalue weighted by Gasteiger charge is 2.53. The molecule has 1 aromatic carbocycles. The predicted molar refractivity (Wildman–Crippen MR) is 135 cm³/mol. The highest BCUT2D eigenvalue weighted by Crippen LogP contribution is 2.61. The maximum absolute atomic E-state index is 12.4. The third kappa shape index (κ3) is 4.50. The molecule has 1 aromatic rings. The summed E-state index contributed by atoms with van der Waals surface area (Å²) in [5.41, 5.74) is 2.08. The van der Waals surface area contributed by atoms with Crippen molar-refractivity contribution in [2.24, 2.45) is 29.1 Å². The zero-order valence-corrected chi connectivity index (χ0v) is 21.0. The number of nitro groups is 1. The van der Waals surface area contributed by atoms with E-state index in [1.165, 1.54) is 38.5 Å². The van der Waals surface area contributed by atoms with Gasteiger partial charge in [0.1, 0.15) is 5.69 Å². The van der Waals surface area contributed by atoms with Crippen molar-refractivity contribution in [3.8, 4) is 0 Å². The number of piperazine rings is 1. The molecule has 5 fully saturated rings. The molecule has 7 heteroatoms. The molecule has 1 N–H and O–H groups in total. The van der Waals surface area contributed by atoms with Crippen molar-refractivity contribution < 1.29 is 9.72 Å². The Morgan fingerprint density at radius 3 is 2.18 bits per heavy atom. The second kappa shape index (κ2) is 9.04. The van der Waals surface area contributed by atoms with Crippen LogP contribution in [0, 0.1) is 39.2 Å². The van der Waals surface area contributed by atoms with Crippen molar-refractivity contribution in [3.63, 3.8) is 0 Å². The lowest BCUT2D eigenvalue weighted by atomic mass is 9.48. The highest BCUT2D eigenvalue weighted by molar-refractivity contribution is 5.77. The van der Waals surface area contributed by atoms with Gasteiger partial charge in [-0.3, -0.25) is 14.9 Å². The molecule has 1 aliphatic heterocycles. The van der Waals surface area contributed by atoms with Crippen LogP contribution in [0.15, 0.2) is 18.2 Å². The zero-order valence-electron chi connectivity index (χ0n) is 21.0. The first-order valence-electron chi connectivity index (χ1n) is 13.3. The average Bonchev–Trinajstić information content (AvgIpc) is 2.77. The molecule has 1 amide bonds. The van der Waals surface area contributed by atoms with Crippen molar-refractivity contribution in [2.45, 2.75) is 71.8 Å². The molecule has 4 saturated carbocycles. The summed E-state index contributed by atoms with van der Waals surface area (Å²) < 4.78 is 0. The van der Waals surface area contributed by atoms with Gasteiger partial charge in [-0.1, -0.05) is 13.8 Å². The molecular formula is C27H40N4O3. The minimum atomic E-state index is -0.263. The molecule has 1 atom stereocenters. The lowest BCUT2D eigenvalue weighted by Crippen LogP contribution is -2.53. The van der Waals surface area contributed by atoms with E-state index in [1.807, 2.05) is 17.0 Å². The maximum Gasteiger partial charge on any atom is 0.292 e. The van der Waals surface area contributed by atoms with Crippen LogP contribution in [-0.4, -0.2) is 48.0 Å². The summed E-state index contributed by atoms with van der Waals surface area (Å²) in [6.45, 7) is 9.32. The number of benzene rings is 1. The molecule has 6 rings (SSSR count). The van der Waals surface area contributed by atoms with E-state index in [4.69, 9.17) is 0 Å². The first-order valence-corrected chi connectivity index (χ1v) is 13.3. The van der Waals surface area contributed by atoms with Gasteiger partial charge in [-0.05, 0) is 86.7 Å². The summed E-state index contributed by atoms with van der Waals surface area (Å²) in [6.07, 6.45) is 8.59. The Balaban J connectivity index is 1.30. The molecule has 5 aliphatic rings. The van der Waals surface area contributed by atoms with Gasteiger partial charge in [0, 0.05) is 50.4 Å². The van der Waals surface area contributed by atoms with Crippen LogP contribution >= 0.6 is 0 Å². The molecule has 1 heterocycles. The third-order valence-electron chi connectivity index (χ3n) is 9.13. The van der Waals surface area contributed by atoms with Gasteiger partial charge in [-0.15, -0.1) is 0 Å². The van der Waals surface area contributed by atoms with Crippen molar-refractivity contribution in [1.29, 1.82) is 0 Å². The number of amides is 1. The van der Waals surface area contributed by atoms with Gasteiger partial charge < -0.3 is 15.1 Å². The average molecular weight is 469 g/mol. The van der Waals surface area contributed by atoms with Gasteiger partial charge >= 0.3 is 0 Å². The van der Waals surface area contributed by atoms with Crippen LogP contribution in [0.2, 0.25) is 0 Å². The second-order valence-corrected chi connectivity index (χ2v) is 12.1. The summed E-state index contributed by atoms with van der Waals surface area (Å²) in [5, 5.41) is 15.5. The summed E-state index contributed by atoms with van der Waals surface area (Å²) in [6, 6.07) is 5.71. The van der Waals surface area contributed by atoms with Gasteiger partial charge in [0.05, 0.1) is 4.92 Å². The van der Waals surface area contributed by atoms with Crippen LogP contribution in [0.1, 0.15) is 65.7 Å². The van der Waals surface area contributed by atoms with Gasteiger partial charge in [0.25, 0.3) is 5.69 Å². The number of carbonyl (C=O) groups excluding carboxylic acids is 1. The third-order valence-corrected chi connectivity index (χ3v) is 9.13. The first kappa shape index (κ1) is 23.4. The normalized spacial score (nSPS) is 31.1. The number of nitro benzene ring substituents is 1. The fourth-order valence-electron chi connectivity index (χ4n) is 7.78. The lowest BCUT2D eigenvalue weighted by molar-refractivity contribution is -0.384. The molecule has 4 bridgehead atoms. The Labute approximate surface area is 203 Å². The van der Waals surface area contributed by atoms with E-state index in [2.05, 4.69) is 31.0 Å². The SMILES string of the molecule is CC(C)CC(=O)N1CCN(c2ccc([N+](=O)[O-])c(N[C@H](C)C34CC5CC(CC(C5)C3)C4)c2)CC1. The number of rotatable bonds is 7. The molecule has 0 spiro atoms. The van der Waals surface area contributed by atoms with Gasteiger partial charge in [-0.2, -0.15) is 0 Å². The van der Waals surface area contributed by atoms with Crippen molar-refractivity contribution in [2.75, 3.05) is 36.4 Å². The number of carbonyl (C=O) groups is 1. The molecule has 4 aliphatic carbocycles. The summed E-state index contributed by atoms with van der Waals surface area (Å²) >= 11 is 0. The molecular weight excluding hydrogens is 428 g/mol. The molecule has 0 radical (unpaired) electrons. The number of nitrogens with one attached hydrogen (secondary N) is 1. The Bertz CT molecular complexity index is 903. The Morgan fingerprint density at radius 2 is 1.65 bits per heavy atom. The van der Waals surface area contributed by atoms with Crippen LogP contribution in [0.4, 0.5) is 17.1 Å². The topological polar surface area (TPSA) is 78.7 Å². The van der Waals surface area contributed by atoms with E-state index in [1.54, 1.807) is 6.07 Å². The zero-order chi connectivity index (χ0) is 24.0. The van der Waals surface area contributed by atoms with Crippen molar-refractivity contribution >= 4 is 23.0 Å². The van der Waals surface area contributed by atoms with Gasteiger partial charge in [0.2, 0.25) is 5.91 Å². The van der Waals surface area contributed by atoms with Crippen LogP contribution in [0.3, 0.4) is 0 Å². The van der Waals surface area contributed by atoms with Crippen LogP contribution in [-0.2, 0) is 4.79 Å². The van der Waals surface area contributed by atoms with E-state index in [0.29, 0.717) is 31.1 Å². The number of anilines is 2. The Morgan fingerprint density at radius 1 is 1.06 bits per heavy atom. The van der Waals surface area contributed by atoms with E-state index in [-0.39, 0.29) is 28.0 Å². The predicted octanol–water partition coefficient (Wildman–Crippen LogP) is 5.31. The van der Waals surface area contributed by atoms with E-state index >= 15 is 0 Å². The van der Waals surface area contributed by atoms with E-state index in [0.717, 1.165) is 36.5 Å². The van der Waals surface area contributed by atoms with Crippen LogP contribution < -0.4 is 10.2 Å². The summed E-state index contributed by atoms with van der Waals surface area (Å²) in [5.74, 6) is 3.15. The Kier molecular flexibility index (Phi) is 6.23. The van der Waals surface area contributed by atoms with Crippen LogP contribution in [0.25, 0.3) is 0 Å². The first-order chi connectivity index (χ1) is 16.2. The molecule has 1 saturated heterocycles. The highest BCUT2D eigenvalue weighted by atomic mass is 16.6. The lowest BCUT2D eigenvalue weighted by Gasteiger charge is -2.59. The fourth-order valence-corrected chi connectivity index (χ4v) is 7.78. The largest absolute Gasteiger partial charge is 0.376 e. The molecule has 7 nitrogen and oxygen atoms in total. The fraction of sp³-hybridized carbons (Fsp3) is 0.741. The summed E-state index contributed by atoms with van der Waals surface area (Å²) in [7, 11) is 0.